The molecule has 0 unspecified atom stereocenters. The molecule has 3 aromatic rings. The van der Waals surface area contributed by atoms with Gasteiger partial charge in [0.2, 0.25) is 0 Å². The Labute approximate surface area is 130 Å². The minimum atomic E-state index is -3.39. The lowest BCUT2D eigenvalue weighted by molar-refractivity contribution is -0.00739. The number of hydrogen-bond donors (Lipinski definition) is 0. The Balaban J connectivity index is 2.03. The Morgan fingerprint density at radius 1 is 1.04 bits per heavy atom. The SMILES string of the molecule is Cc1cccc(C(F)(F)Cc2cc(C)c3occ(F)c3c2)c1F. The maximum atomic E-state index is 14.5. The lowest BCUT2D eigenvalue weighted by Crippen LogP contribution is -2.19. The molecule has 0 saturated heterocycles. The molecule has 2 aromatic carbocycles. The number of halogens is 4. The van der Waals surface area contributed by atoms with Crippen LogP contribution in [0.2, 0.25) is 0 Å². The summed E-state index contributed by atoms with van der Waals surface area (Å²) in [7, 11) is 0. The fourth-order valence-corrected chi connectivity index (χ4v) is 2.74. The second-order valence-corrected chi connectivity index (χ2v) is 5.69. The van der Waals surface area contributed by atoms with E-state index in [4.69, 9.17) is 4.42 Å². The number of benzene rings is 2. The highest BCUT2D eigenvalue weighted by Gasteiger charge is 2.35. The van der Waals surface area contributed by atoms with Crippen LogP contribution in [-0.4, -0.2) is 0 Å². The average Bonchev–Trinajstić information content (AvgIpc) is 2.83. The highest BCUT2D eigenvalue weighted by Crippen LogP contribution is 2.36. The molecule has 3 rings (SSSR count). The summed E-state index contributed by atoms with van der Waals surface area (Å²) in [6.45, 7) is 3.09. The first-order chi connectivity index (χ1) is 10.8. The molecule has 0 saturated carbocycles. The predicted molar refractivity (Wildman–Crippen MR) is 79.6 cm³/mol. The van der Waals surface area contributed by atoms with Gasteiger partial charge in [0.05, 0.1) is 10.9 Å². The Morgan fingerprint density at radius 2 is 1.78 bits per heavy atom. The molecule has 0 atom stereocenters. The van der Waals surface area contributed by atoms with Crippen molar-refractivity contribution in [3.63, 3.8) is 0 Å². The highest BCUT2D eigenvalue weighted by atomic mass is 19.3. The van der Waals surface area contributed by atoms with Gasteiger partial charge < -0.3 is 4.42 Å². The third kappa shape index (κ3) is 2.71. The van der Waals surface area contributed by atoms with Crippen LogP contribution in [0.5, 0.6) is 0 Å². The Morgan fingerprint density at radius 3 is 2.52 bits per heavy atom. The molecule has 0 N–H and O–H groups in total. The first-order valence-electron chi connectivity index (χ1n) is 7.09. The zero-order chi connectivity index (χ0) is 16.8. The number of alkyl halides is 2. The van der Waals surface area contributed by atoms with Gasteiger partial charge >= 0.3 is 0 Å². The van der Waals surface area contributed by atoms with E-state index in [1.807, 2.05) is 0 Å². The van der Waals surface area contributed by atoms with Gasteiger partial charge in [-0.05, 0) is 36.6 Å². The van der Waals surface area contributed by atoms with Gasteiger partial charge in [-0.3, -0.25) is 0 Å². The largest absolute Gasteiger partial charge is 0.461 e. The quantitative estimate of drug-likeness (QED) is 0.567. The fraction of sp³-hybridized carbons (Fsp3) is 0.222. The van der Waals surface area contributed by atoms with E-state index in [1.165, 1.54) is 31.2 Å². The molecule has 0 aliphatic carbocycles. The van der Waals surface area contributed by atoms with Crippen molar-refractivity contribution in [3.05, 3.63) is 70.5 Å². The second kappa shape index (κ2) is 5.41. The average molecular weight is 322 g/mol. The second-order valence-electron chi connectivity index (χ2n) is 5.69. The van der Waals surface area contributed by atoms with Gasteiger partial charge in [-0.2, -0.15) is 0 Å². The number of fused-ring (bicyclic) bond motifs is 1. The van der Waals surface area contributed by atoms with Gasteiger partial charge in [-0.25, -0.2) is 17.6 Å². The summed E-state index contributed by atoms with van der Waals surface area (Å²) in [4.78, 5) is 0. The van der Waals surface area contributed by atoms with Gasteiger partial charge in [-0.15, -0.1) is 0 Å². The first kappa shape index (κ1) is 15.6. The van der Waals surface area contributed by atoms with Gasteiger partial charge in [0.25, 0.3) is 5.92 Å². The Bertz CT molecular complexity index is 880. The summed E-state index contributed by atoms with van der Waals surface area (Å²) >= 11 is 0. The molecule has 5 heteroatoms. The molecule has 0 aliphatic rings. The van der Waals surface area contributed by atoms with Crippen LogP contribution < -0.4 is 0 Å². The van der Waals surface area contributed by atoms with E-state index in [0.717, 1.165) is 12.3 Å². The monoisotopic (exact) mass is 322 g/mol. The Hall–Kier alpha value is -2.30. The molecule has 0 radical (unpaired) electrons. The lowest BCUT2D eigenvalue weighted by atomic mass is 9.96. The summed E-state index contributed by atoms with van der Waals surface area (Å²) in [6.07, 6.45) is 0.231. The first-order valence-corrected chi connectivity index (χ1v) is 7.09. The maximum Gasteiger partial charge on any atom is 0.280 e. The molecule has 0 amide bonds. The third-order valence-electron chi connectivity index (χ3n) is 3.88. The molecule has 1 aromatic heterocycles. The zero-order valence-corrected chi connectivity index (χ0v) is 12.6. The zero-order valence-electron chi connectivity index (χ0n) is 12.6. The van der Waals surface area contributed by atoms with Crippen molar-refractivity contribution in [2.45, 2.75) is 26.2 Å². The number of rotatable bonds is 3. The van der Waals surface area contributed by atoms with Crippen molar-refractivity contribution < 1.29 is 22.0 Å². The Kier molecular flexibility index (Phi) is 3.66. The third-order valence-corrected chi connectivity index (χ3v) is 3.88. The van der Waals surface area contributed by atoms with Crippen molar-refractivity contribution in [1.82, 2.24) is 0 Å². The van der Waals surface area contributed by atoms with Gasteiger partial charge in [0, 0.05) is 6.42 Å². The summed E-state index contributed by atoms with van der Waals surface area (Å²) < 4.78 is 61.7. The molecule has 0 fully saturated rings. The summed E-state index contributed by atoms with van der Waals surface area (Å²) in [6, 6.07) is 6.74. The smallest absolute Gasteiger partial charge is 0.280 e. The normalized spacial score (nSPS) is 12.1. The molecular formula is C18H14F4O. The molecule has 0 bridgehead atoms. The van der Waals surface area contributed by atoms with E-state index in [2.05, 4.69) is 0 Å². The van der Waals surface area contributed by atoms with Gasteiger partial charge in [0.15, 0.2) is 5.82 Å². The van der Waals surface area contributed by atoms with E-state index in [1.54, 1.807) is 6.92 Å². The molecule has 120 valence electrons. The summed E-state index contributed by atoms with van der Waals surface area (Å²) in [5.74, 6) is -4.91. The van der Waals surface area contributed by atoms with Crippen LogP contribution in [0, 0.1) is 25.5 Å². The van der Waals surface area contributed by atoms with Crippen molar-refractivity contribution in [3.8, 4) is 0 Å². The minimum Gasteiger partial charge on any atom is -0.461 e. The fourth-order valence-electron chi connectivity index (χ4n) is 2.74. The van der Waals surface area contributed by atoms with E-state index < -0.39 is 29.5 Å². The minimum absolute atomic E-state index is 0.153. The molecular weight excluding hydrogens is 308 g/mol. The number of aryl methyl sites for hydroxylation is 2. The molecule has 23 heavy (non-hydrogen) atoms. The van der Waals surface area contributed by atoms with Crippen LogP contribution in [0.1, 0.15) is 22.3 Å². The molecule has 1 heterocycles. The van der Waals surface area contributed by atoms with Crippen LogP contribution in [0.15, 0.2) is 41.0 Å². The van der Waals surface area contributed by atoms with Crippen LogP contribution in [0.4, 0.5) is 17.6 Å². The molecule has 1 nitrogen and oxygen atoms in total. The topological polar surface area (TPSA) is 13.1 Å². The van der Waals surface area contributed by atoms with E-state index in [9.17, 15) is 17.6 Å². The summed E-state index contributed by atoms with van der Waals surface area (Å²) in [5.41, 5.74) is 0.622. The van der Waals surface area contributed by atoms with Crippen LogP contribution in [-0.2, 0) is 12.3 Å². The molecule has 0 aliphatic heterocycles. The van der Waals surface area contributed by atoms with E-state index in [-0.39, 0.29) is 16.5 Å². The predicted octanol–water partition coefficient (Wildman–Crippen LogP) is 5.66. The van der Waals surface area contributed by atoms with Crippen molar-refractivity contribution in [2.75, 3.05) is 0 Å². The highest BCUT2D eigenvalue weighted by molar-refractivity contribution is 5.81. The van der Waals surface area contributed by atoms with Crippen molar-refractivity contribution in [1.29, 1.82) is 0 Å². The lowest BCUT2D eigenvalue weighted by Gasteiger charge is -2.18. The maximum absolute atomic E-state index is 14.5. The molecule has 0 spiro atoms. The van der Waals surface area contributed by atoms with Crippen molar-refractivity contribution >= 4 is 11.0 Å². The van der Waals surface area contributed by atoms with Gasteiger partial charge in [-0.1, -0.05) is 24.3 Å². The van der Waals surface area contributed by atoms with Crippen LogP contribution in [0.3, 0.4) is 0 Å². The summed E-state index contributed by atoms with van der Waals surface area (Å²) in [5, 5.41) is 0.153. The van der Waals surface area contributed by atoms with Gasteiger partial charge in [0.1, 0.15) is 17.7 Å². The van der Waals surface area contributed by atoms with E-state index >= 15 is 0 Å². The standard InChI is InChI=1S/C18H14F4O/c1-10-4-3-5-14(16(10)20)18(21,22)8-12-6-11(2)17-13(7-12)15(19)9-23-17/h3-7,9H,8H2,1-2H3. The van der Waals surface area contributed by atoms with Crippen molar-refractivity contribution in [2.24, 2.45) is 0 Å². The number of hydrogen-bond acceptors (Lipinski definition) is 1. The van der Waals surface area contributed by atoms with E-state index in [0.29, 0.717) is 11.1 Å². The van der Waals surface area contributed by atoms with Crippen LogP contribution >= 0.6 is 0 Å². The van der Waals surface area contributed by atoms with Crippen LogP contribution in [0.25, 0.3) is 11.0 Å². The number of furan rings is 1.